The lowest BCUT2D eigenvalue weighted by Gasteiger charge is -2.14. The number of para-hydroxylation sites is 2. The molecule has 0 aliphatic carbocycles. The summed E-state index contributed by atoms with van der Waals surface area (Å²) in [4.78, 5) is 10.9. The van der Waals surface area contributed by atoms with Gasteiger partial charge in [0.15, 0.2) is 0 Å². The SMILES string of the molecule is c1ccc2cc3c(cc2c1)c1cccc(-c2cccc4sc5ccccc5c24)c1n3-c1nc(-c2ccc(-c3cccc4ccccc34)cc2)c2ccccc2n1. The lowest BCUT2D eigenvalue weighted by Crippen LogP contribution is -2.04. The standard InChI is InChI=1S/C52H31N3S/c1-2-14-36-31-46-44(30-35(36)13-1)41-22-10-21-40(39-20-11-25-48-49(39)43-18-6-8-24-47(43)56-48)51(41)55(46)52-53-45-23-7-5-17-42(45)50(54-52)34-28-26-33(27-29-34)38-19-9-15-32-12-3-4-16-37(32)38/h1-31H. The molecule has 0 aliphatic rings. The molecule has 3 nitrogen and oxygen atoms in total. The van der Waals surface area contributed by atoms with Gasteiger partial charge in [-0.1, -0.05) is 158 Å². The monoisotopic (exact) mass is 729 g/mol. The highest BCUT2D eigenvalue weighted by Gasteiger charge is 2.22. The summed E-state index contributed by atoms with van der Waals surface area (Å²) >= 11 is 1.85. The van der Waals surface area contributed by atoms with E-state index >= 15 is 0 Å². The van der Waals surface area contributed by atoms with Gasteiger partial charge in [-0.25, -0.2) is 9.97 Å². The van der Waals surface area contributed by atoms with Crippen molar-refractivity contribution in [3.63, 3.8) is 0 Å². The van der Waals surface area contributed by atoms with Crippen LogP contribution in [-0.4, -0.2) is 14.5 Å². The Morgan fingerprint density at radius 2 is 1.00 bits per heavy atom. The Morgan fingerprint density at radius 3 is 1.88 bits per heavy atom. The molecule has 260 valence electrons. The Hall–Kier alpha value is -7.14. The van der Waals surface area contributed by atoms with E-state index in [1.54, 1.807) is 0 Å². The fraction of sp³-hybridized carbons (Fsp3) is 0. The van der Waals surface area contributed by atoms with E-state index in [0.717, 1.165) is 38.8 Å². The molecular formula is C52H31N3S. The molecule has 56 heavy (non-hydrogen) atoms. The molecule has 0 radical (unpaired) electrons. The van der Waals surface area contributed by atoms with E-state index < -0.39 is 0 Å². The van der Waals surface area contributed by atoms with Crippen LogP contribution in [0.15, 0.2) is 188 Å². The van der Waals surface area contributed by atoms with Crippen molar-refractivity contribution in [1.29, 1.82) is 0 Å². The zero-order valence-corrected chi connectivity index (χ0v) is 31.0. The highest BCUT2D eigenvalue weighted by atomic mass is 32.1. The summed E-state index contributed by atoms with van der Waals surface area (Å²) in [7, 11) is 0. The predicted octanol–water partition coefficient (Wildman–Crippen LogP) is 14.4. The van der Waals surface area contributed by atoms with Crippen molar-refractivity contribution >= 4 is 85.8 Å². The Bertz CT molecular complexity index is 3530. The second-order valence-electron chi connectivity index (χ2n) is 14.5. The van der Waals surface area contributed by atoms with E-state index in [9.17, 15) is 0 Å². The number of hydrogen-bond donors (Lipinski definition) is 0. The van der Waals surface area contributed by atoms with E-state index in [0.29, 0.717) is 5.95 Å². The number of aromatic nitrogens is 3. The summed E-state index contributed by atoms with van der Waals surface area (Å²) in [5.74, 6) is 0.655. The summed E-state index contributed by atoms with van der Waals surface area (Å²) in [6, 6.07) is 67.9. The Labute approximate surface area is 326 Å². The fourth-order valence-electron chi connectivity index (χ4n) is 8.84. The minimum Gasteiger partial charge on any atom is -0.277 e. The number of rotatable bonds is 4. The molecule has 12 aromatic rings. The first-order valence-electron chi connectivity index (χ1n) is 19.0. The van der Waals surface area contributed by atoms with Gasteiger partial charge in [0, 0.05) is 47.5 Å². The lowest BCUT2D eigenvalue weighted by atomic mass is 9.96. The van der Waals surface area contributed by atoms with E-state index in [-0.39, 0.29) is 0 Å². The van der Waals surface area contributed by atoms with Crippen LogP contribution in [0.3, 0.4) is 0 Å². The Kier molecular flexibility index (Phi) is 6.80. The zero-order valence-electron chi connectivity index (χ0n) is 30.1. The maximum atomic E-state index is 5.54. The molecular weight excluding hydrogens is 699 g/mol. The minimum atomic E-state index is 0.655. The van der Waals surface area contributed by atoms with Gasteiger partial charge in [0.05, 0.1) is 22.2 Å². The Morgan fingerprint density at radius 1 is 0.393 bits per heavy atom. The molecule has 0 saturated heterocycles. The number of benzene rings is 9. The van der Waals surface area contributed by atoms with E-state index in [2.05, 4.69) is 193 Å². The largest absolute Gasteiger partial charge is 0.277 e. The maximum Gasteiger partial charge on any atom is 0.235 e. The van der Waals surface area contributed by atoms with Crippen LogP contribution in [0.25, 0.3) is 114 Å². The van der Waals surface area contributed by atoms with Gasteiger partial charge in [-0.05, 0) is 68.6 Å². The molecule has 0 bridgehead atoms. The number of thiophene rings is 1. The highest BCUT2D eigenvalue weighted by Crippen LogP contribution is 2.45. The first kappa shape index (κ1) is 31.2. The molecule has 0 fully saturated rings. The number of nitrogens with zero attached hydrogens (tertiary/aromatic N) is 3. The summed E-state index contributed by atoms with van der Waals surface area (Å²) < 4.78 is 4.90. The fourth-order valence-corrected chi connectivity index (χ4v) is 9.98. The topological polar surface area (TPSA) is 30.7 Å². The van der Waals surface area contributed by atoms with Crippen molar-refractivity contribution in [1.82, 2.24) is 14.5 Å². The maximum absolute atomic E-state index is 5.54. The van der Waals surface area contributed by atoms with Gasteiger partial charge in [-0.15, -0.1) is 11.3 Å². The van der Waals surface area contributed by atoms with Crippen molar-refractivity contribution in [2.75, 3.05) is 0 Å². The molecule has 0 aliphatic heterocycles. The molecule has 12 rings (SSSR count). The van der Waals surface area contributed by atoms with E-state index in [1.807, 2.05) is 11.3 Å². The Balaban J connectivity index is 1.14. The minimum absolute atomic E-state index is 0.655. The molecule has 3 aromatic heterocycles. The smallest absolute Gasteiger partial charge is 0.235 e. The van der Waals surface area contributed by atoms with Gasteiger partial charge in [0.25, 0.3) is 0 Å². The van der Waals surface area contributed by atoms with Crippen molar-refractivity contribution in [2.45, 2.75) is 0 Å². The van der Waals surface area contributed by atoms with E-state index in [1.165, 1.54) is 69.2 Å². The number of fused-ring (bicyclic) bond motifs is 9. The van der Waals surface area contributed by atoms with Crippen LogP contribution in [0.2, 0.25) is 0 Å². The van der Waals surface area contributed by atoms with Gasteiger partial charge >= 0.3 is 0 Å². The van der Waals surface area contributed by atoms with Crippen molar-refractivity contribution in [3.05, 3.63) is 188 Å². The number of hydrogen-bond acceptors (Lipinski definition) is 3. The van der Waals surface area contributed by atoms with Crippen molar-refractivity contribution < 1.29 is 0 Å². The third-order valence-corrected chi connectivity index (χ3v) is 12.5. The second kappa shape index (κ2) is 12.2. The molecule has 9 aromatic carbocycles. The van der Waals surface area contributed by atoms with Crippen molar-refractivity contribution in [2.24, 2.45) is 0 Å². The normalized spacial score (nSPS) is 11.9. The lowest BCUT2D eigenvalue weighted by molar-refractivity contribution is 1.01. The van der Waals surface area contributed by atoms with Gasteiger partial charge in [0.2, 0.25) is 5.95 Å². The summed E-state index contributed by atoms with van der Waals surface area (Å²) in [5, 5.41) is 10.8. The zero-order chi connectivity index (χ0) is 36.7. The van der Waals surface area contributed by atoms with Crippen LogP contribution >= 0.6 is 11.3 Å². The molecule has 4 heteroatoms. The van der Waals surface area contributed by atoms with Gasteiger partial charge in [0.1, 0.15) is 0 Å². The quantitative estimate of drug-likeness (QED) is 0.181. The summed E-state index contributed by atoms with van der Waals surface area (Å²) in [6.45, 7) is 0. The first-order chi connectivity index (χ1) is 27.8. The van der Waals surface area contributed by atoms with Gasteiger partial charge in [-0.3, -0.25) is 4.57 Å². The summed E-state index contributed by atoms with van der Waals surface area (Å²) in [6.07, 6.45) is 0. The molecule has 0 amide bonds. The predicted molar refractivity (Wildman–Crippen MR) is 238 cm³/mol. The van der Waals surface area contributed by atoms with Gasteiger partial charge in [-0.2, -0.15) is 0 Å². The van der Waals surface area contributed by atoms with E-state index in [4.69, 9.17) is 9.97 Å². The van der Waals surface area contributed by atoms with Crippen LogP contribution < -0.4 is 0 Å². The first-order valence-corrected chi connectivity index (χ1v) is 19.8. The molecule has 3 heterocycles. The molecule has 0 spiro atoms. The van der Waals surface area contributed by atoms with Crippen LogP contribution in [0, 0.1) is 0 Å². The molecule has 0 atom stereocenters. The van der Waals surface area contributed by atoms with Crippen LogP contribution in [0.4, 0.5) is 0 Å². The molecule has 0 saturated carbocycles. The third-order valence-electron chi connectivity index (χ3n) is 11.4. The van der Waals surface area contributed by atoms with Gasteiger partial charge < -0.3 is 0 Å². The summed E-state index contributed by atoms with van der Waals surface area (Å²) in [5.41, 5.74) is 9.83. The second-order valence-corrected chi connectivity index (χ2v) is 15.6. The average molecular weight is 730 g/mol. The van der Waals surface area contributed by atoms with Crippen LogP contribution in [-0.2, 0) is 0 Å². The highest BCUT2D eigenvalue weighted by molar-refractivity contribution is 7.25. The molecule has 0 unspecified atom stereocenters. The molecule has 0 N–H and O–H groups in total. The van der Waals surface area contributed by atoms with Crippen LogP contribution in [0.5, 0.6) is 0 Å². The van der Waals surface area contributed by atoms with Crippen molar-refractivity contribution in [3.8, 4) is 39.5 Å². The third kappa shape index (κ3) is 4.70. The average Bonchev–Trinajstić information content (AvgIpc) is 3.81. The van der Waals surface area contributed by atoms with Crippen LogP contribution in [0.1, 0.15) is 0 Å².